The second-order valence-corrected chi connectivity index (χ2v) is 14.2. The molecule has 1 aromatic carbocycles. The highest BCUT2D eigenvalue weighted by molar-refractivity contribution is 9.09. The van der Waals surface area contributed by atoms with E-state index in [1.165, 1.54) is 0 Å². The quantitative estimate of drug-likeness (QED) is 0.123. The number of hydrogen-bond acceptors (Lipinski definition) is 8. The van der Waals surface area contributed by atoms with E-state index in [-0.39, 0.29) is 47.7 Å². The van der Waals surface area contributed by atoms with Gasteiger partial charge in [-0.25, -0.2) is 4.68 Å². The summed E-state index contributed by atoms with van der Waals surface area (Å²) in [6.45, 7) is 8.79. The number of esters is 1. The number of nitrogens with zero attached hydrogens (tertiary/aromatic N) is 5. The maximum atomic E-state index is 14.7. The Morgan fingerprint density at radius 1 is 1.19 bits per heavy atom. The molecule has 3 unspecified atom stereocenters. The molecule has 3 aliphatic heterocycles. The molecule has 1 N–H and O–H groups in total. The Hall–Kier alpha value is -2.70. The lowest BCUT2D eigenvalue weighted by Gasteiger charge is -2.37. The van der Waals surface area contributed by atoms with Crippen molar-refractivity contribution in [3.8, 4) is 0 Å². The van der Waals surface area contributed by atoms with Crippen LogP contribution in [0.15, 0.2) is 49.6 Å². The van der Waals surface area contributed by atoms with Gasteiger partial charge in [0.1, 0.15) is 18.2 Å². The zero-order valence-electron chi connectivity index (χ0n) is 24.4. The lowest BCUT2D eigenvalue weighted by Crippen LogP contribution is -2.55. The number of carbonyl (C=O) groups is 3. The molecule has 3 aliphatic rings. The van der Waals surface area contributed by atoms with Gasteiger partial charge in [-0.3, -0.25) is 14.4 Å². The maximum Gasteiger partial charge on any atom is 0.310 e. The van der Waals surface area contributed by atoms with Gasteiger partial charge in [-0.05, 0) is 57.1 Å². The molecule has 1 spiro atoms. The van der Waals surface area contributed by atoms with Crippen molar-refractivity contribution in [3.63, 3.8) is 0 Å². The third kappa shape index (κ3) is 6.02. The van der Waals surface area contributed by atoms with Crippen LogP contribution in [0.25, 0.3) is 11.0 Å². The normalized spacial score (nSPS) is 27.4. The zero-order valence-corrected chi connectivity index (χ0v) is 26.8. The van der Waals surface area contributed by atoms with Crippen LogP contribution in [0.3, 0.4) is 0 Å². The molecule has 4 heterocycles. The van der Waals surface area contributed by atoms with Gasteiger partial charge in [0.05, 0.1) is 28.7 Å². The Bertz CT molecular complexity index is 1350. The van der Waals surface area contributed by atoms with Gasteiger partial charge < -0.3 is 19.6 Å². The summed E-state index contributed by atoms with van der Waals surface area (Å²) in [5, 5.41) is 17.7. The standard InChI is InChI=1S/C31H40BrN5O5S/c1-3-5-6-12-18-42-30(41)24-25-28(39)36(16-10-7-11-17-38)27(31(25)19-21(32)26(24)43-31)29(40)35(15-4-2)20-37-23-14-9-8-13-22(23)33-34-37/h3-4,8-9,13-14,21,24-27,38H,1-2,5-7,10-12,15-20H2/t21?,24-,25+,26-,27?,31?/m1/s1. The number of para-hydroxylation sites is 1. The van der Waals surface area contributed by atoms with Crippen molar-refractivity contribution >= 4 is 56.5 Å². The molecule has 3 fully saturated rings. The van der Waals surface area contributed by atoms with Crippen LogP contribution in [0.2, 0.25) is 0 Å². The molecule has 0 aliphatic carbocycles. The number of halogens is 1. The number of ether oxygens (including phenoxy) is 1. The maximum absolute atomic E-state index is 14.7. The van der Waals surface area contributed by atoms with E-state index in [4.69, 9.17) is 4.74 Å². The van der Waals surface area contributed by atoms with Gasteiger partial charge in [0, 0.05) is 29.8 Å². The first-order chi connectivity index (χ1) is 20.9. The lowest BCUT2D eigenvalue weighted by molar-refractivity contribution is -0.154. The van der Waals surface area contributed by atoms with Gasteiger partial charge in [-0.15, -0.1) is 30.0 Å². The Balaban J connectivity index is 1.45. The predicted octanol–water partition coefficient (Wildman–Crippen LogP) is 3.93. The number of unbranched alkanes of at least 4 members (excludes halogenated alkanes) is 4. The second kappa shape index (κ2) is 13.9. The van der Waals surface area contributed by atoms with E-state index in [1.54, 1.807) is 32.3 Å². The predicted molar refractivity (Wildman–Crippen MR) is 169 cm³/mol. The van der Waals surface area contributed by atoms with Crippen molar-refractivity contribution in [1.29, 1.82) is 0 Å². The average molecular weight is 675 g/mol. The summed E-state index contributed by atoms with van der Waals surface area (Å²) < 4.78 is 6.66. The van der Waals surface area contributed by atoms with Crippen LogP contribution in [-0.4, -0.2) is 94.9 Å². The van der Waals surface area contributed by atoms with Crippen molar-refractivity contribution in [2.75, 3.05) is 26.3 Å². The van der Waals surface area contributed by atoms with E-state index in [0.29, 0.717) is 32.4 Å². The summed E-state index contributed by atoms with van der Waals surface area (Å²) in [5.41, 5.74) is 1.53. The number of aliphatic hydroxyl groups excluding tert-OH is 1. The van der Waals surface area contributed by atoms with Crippen molar-refractivity contribution < 1.29 is 24.2 Å². The van der Waals surface area contributed by atoms with Crippen molar-refractivity contribution in [2.45, 2.75) is 72.5 Å². The molecule has 2 amide bonds. The molecular formula is C31H40BrN5O5S. The number of carbonyl (C=O) groups excluding carboxylic acids is 3. The minimum atomic E-state index is -0.764. The van der Waals surface area contributed by atoms with Crippen molar-refractivity contribution in [1.82, 2.24) is 24.8 Å². The summed E-state index contributed by atoms with van der Waals surface area (Å²) in [5.74, 6) is -1.97. The van der Waals surface area contributed by atoms with E-state index in [1.807, 2.05) is 30.3 Å². The van der Waals surface area contributed by atoms with E-state index >= 15 is 0 Å². The highest BCUT2D eigenvalue weighted by Gasteiger charge is 2.76. The highest BCUT2D eigenvalue weighted by Crippen LogP contribution is 2.68. The zero-order chi connectivity index (χ0) is 30.6. The Morgan fingerprint density at radius 3 is 2.77 bits per heavy atom. The average Bonchev–Trinajstić information content (AvgIpc) is 3.72. The Kier molecular flexibility index (Phi) is 10.3. The second-order valence-electron chi connectivity index (χ2n) is 11.5. The molecule has 232 valence electrons. The number of amides is 2. The first kappa shape index (κ1) is 31.7. The highest BCUT2D eigenvalue weighted by atomic mass is 79.9. The number of benzene rings is 1. The number of allylic oxidation sites excluding steroid dienone is 1. The van der Waals surface area contributed by atoms with E-state index in [0.717, 1.165) is 36.7 Å². The number of rotatable bonds is 16. The lowest BCUT2D eigenvalue weighted by atomic mass is 9.71. The molecule has 1 aromatic heterocycles. The monoisotopic (exact) mass is 673 g/mol. The molecule has 6 atom stereocenters. The minimum Gasteiger partial charge on any atom is -0.465 e. The van der Waals surface area contributed by atoms with Gasteiger partial charge >= 0.3 is 5.97 Å². The summed E-state index contributed by atoms with van der Waals surface area (Å²) in [6.07, 6.45) is 8.59. The van der Waals surface area contributed by atoms with E-state index in [9.17, 15) is 19.5 Å². The molecule has 5 rings (SSSR count). The third-order valence-corrected chi connectivity index (χ3v) is 12.0. The molecule has 3 saturated heterocycles. The van der Waals surface area contributed by atoms with Crippen molar-refractivity contribution in [3.05, 3.63) is 49.6 Å². The van der Waals surface area contributed by atoms with Crippen LogP contribution in [0.4, 0.5) is 0 Å². The molecule has 2 aromatic rings. The molecule has 43 heavy (non-hydrogen) atoms. The molecule has 10 nitrogen and oxygen atoms in total. The molecule has 12 heteroatoms. The fourth-order valence-electron chi connectivity index (χ4n) is 6.88. The fraction of sp³-hybridized carbons (Fsp3) is 0.581. The van der Waals surface area contributed by atoms with Gasteiger partial charge in [-0.2, -0.15) is 0 Å². The van der Waals surface area contributed by atoms with Crippen LogP contribution in [0.1, 0.15) is 44.9 Å². The number of fused-ring (bicyclic) bond motifs is 2. The minimum absolute atomic E-state index is 0.0309. The summed E-state index contributed by atoms with van der Waals surface area (Å²) >= 11 is 5.41. The van der Waals surface area contributed by atoms with Crippen molar-refractivity contribution in [2.24, 2.45) is 11.8 Å². The smallest absolute Gasteiger partial charge is 0.310 e. The molecule has 2 bridgehead atoms. The molecular weight excluding hydrogens is 634 g/mol. The number of aromatic nitrogens is 3. The Labute approximate surface area is 265 Å². The van der Waals surface area contributed by atoms with Crippen LogP contribution in [-0.2, 0) is 25.8 Å². The first-order valence-electron chi connectivity index (χ1n) is 15.1. The molecule has 0 radical (unpaired) electrons. The number of likely N-dealkylation sites (tertiary alicyclic amines) is 1. The summed E-state index contributed by atoms with van der Waals surface area (Å²) in [4.78, 5) is 45.8. The number of aliphatic hydroxyl groups is 1. The van der Waals surface area contributed by atoms with E-state index in [2.05, 4.69) is 39.4 Å². The fourth-order valence-corrected chi connectivity index (χ4v) is 10.5. The van der Waals surface area contributed by atoms with Crippen LogP contribution in [0.5, 0.6) is 0 Å². The SMILES string of the molecule is C=CCCCCOC(=O)[C@H]1[C@@H]2SC3(CC2Br)C(C(=O)N(CC=C)Cn2nnc4ccccc42)N(CCCCCO)C(=O)[C@H]13. The van der Waals surface area contributed by atoms with E-state index < -0.39 is 22.6 Å². The topological polar surface area (TPSA) is 118 Å². The summed E-state index contributed by atoms with van der Waals surface area (Å²) in [7, 11) is 0. The Morgan fingerprint density at radius 2 is 2.00 bits per heavy atom. The third-order valence-electron chi connectivity index (χ3n) is 8.79. The van der Waals surface area contributed by atoms with Crippen LogP contribution < -0.4 is 0 Å². The first-order valence-corrected chi connectivity index (χ1v) is 16.9. The van der Waals surface area contributed by atoms with Gasteiger partial charge in [0.2, 0.25) is 11.8 Å². The number of thioether (sulfide) groups is 1. The number of alkyl halides is 1. The van der Waals surface area contributed by atoms with Crippen LogP contribution >= 0.6 is 27.7 Å². The van der Waals surface area contributed by atoms with Gasteiger partial charge in [0.15, 0.2) is 0 Å². The van der Waals surface area contributed by atoms with Crippen LogP contribution in [0, 0.1) is 11.8 Å². The van der Waals surface area contributed by atoms with Gasteiger partial charge in [0.25, 0.3) is 0 Å². The van der Waals surface area contributed by atoms with Gasteiger partial charge in [-0.1, -0.05) is 45.4 Å². The molecule has 0 saturated carbocycles. The summed E-state index contributed by atoms with van der Waals surface area (Å²) in [6, 6.07) is 6.81. The number of hydrogen-bond donors (Lipinski definition) is 1. The largest absolute Gasteiger partial charge is 0.465 e.